The van der Waals surface area contributed by atoms with E-state index in [1.54, 1.807) is 43.2 Å². The predicted molar refractivity (Wildman–Crippen MR) is 561 cm³/mol. The summed E-state index contributed by atoms with van der Waals surface area (Å²) >= 11 is 0. The first-order chi connectivity index (χ1) is 68.8. The van der Waals surface area contributed by atoms with Gasteiger partial charge in [0, 0.05) is 176 Å². The predicted octanol–water partition coefficient (Wildman–Crippen LogP) is 23.1. The van der Waals surface area contributed by atoms with E-state index in [1.165, 1.54) is 59.9 Å². The lowest BCUT2D eigenvalue weighted by atomic mass is 9.93. The number of aromatic nitrogens is 23. The molecule has 140 heavy (non-hydrogen) atoms. The highest BCUT2D eigenvalue weighted by molar-refractivity contribution is 6.00. The highest BCUT2D eigenvalue weighted by Gasteiger charge is 2.22. The summed E-state index contributed by atoms with van der Waals surface area (Å²) in [6, 6.07) is 77.1. The minimum atomic E-state index is -0.0755. The number of aryl methyl sites for hydroxylation is 3. The van der Waals surface area contributed by atoms with Gasteiger partial charge >= 0.3 is 0 Å². The lowest BCUT2D eigenvalue weighted by Crippen LogP contribution is -2.27. The summed E-state index contributed by atoms with van der Waals surface area (Å²) in [5, 5.41) is 87.3. The van der Waals surface area contributed by atoms with E-state index in [0.29, 0.717) is 29.1 Å². The maximum absolute atomic E-state index is 11.9. The summed E-state index contributed by atoms with van der Waals surface area (Å²) in [4.78, 5) is 58.3. The van der Waals surface area contributed by atoms with Crippen molar-refractivity contribution < 1.29 is 0 Å². The smallest absolute Gasteiger partial charge is 0.256 e. The van der Waals surface area contributed by atoms with Gasteiger partial charge in [-0.15, -0.1) is 0 Å². The van der Waals surface area contributed by atoms with Gasteiger partial charge < -0.3 is 52.8 Å². The summed E-state index contributed by atoms with van der Waals surface area (Å²) < 4.78 is 0. The van der Waals surface area contributed by atoms with Crippen LogP contribution in [-0.4, -0.2) is 128 Å². The molecule has 26 rings (SSSR count). The van der Waals surface area contributed by atoms with Crippen LogP contribution in [0.4, 0.5) is 86.5 Å². The van der Waals surface area contributed by atoms with Gasteiger partial charge in [0.25, 0.3) is 5.56 Å². The zero-order valence-corrected chi connectivity index (χ0v) is 76.7. The molecular formula is C107H96N32O. The van der Waals surface area contributed by atoms with E-state index in [4.69, 9.17) is 0 Å². The van der Waals surface area contributed by atoms with Gasteiger partial charge in [-0.2, -0.15) is 30.6 Å². The third kappa shape index (κ3) is 20.0. The number of rotatable bonds is 19. The van der Waals surface area contributed by atoms with Gasteiger partial charge in [-0.05, 0) is 310 Å². The third-order valence-electron chi connectivity index (χ3n) is 24.3. The Balaban J connectivity index is 0.000000100. The molecule has 0 aliphatic heterocycles. The van der Waals surface area contributed by atoms with E-state index >= 15 is 0 Å². The van der Waals surface area contributed by atoms with Crippen molar-refractivity contribution in [3.8, 4) is 0 Å². The third-order valence-corrected chi connectivity index (χ3v) is 24.3. The van der Waals surface area contributed by atoms with E-state index in [9.17, 15) is 4.79 Å². The molecule has 0 atom stereocenters. The minimum Gasteiger partial charge on any atom is -0.367 e. The number of nitrogens with one attached hydrogen (secondary N) is 16. The molecule has 0 saturated heterocycles. The first-order valence-corrected chi connectivity index (χ1v) is 46.3. The fourth-order valence-corrected chi connectivity index (χ4v) is 17.1. The molecule has 2 aliphatic carbocycles. The lowest BCUT2D eigenvalue weighted by molar-refractivity contribution is 0.445. The molecule has 0 spiro atoms. The van der Waals surface area contributed by atoms with Crippen molar-refractivity contribution in [3.05, 3.63) is 343 Å². The van der Waals surface area contributed by atoms with E-state index < -0.39 is 0 Å². The van der Waals surface area contributed by atoms with E-state index in [0.717, 1.165) is 209 Å². The molecule has 1 saturated carbocycles. The Morgan fingerprint density at radius 2 is 0.743 bits per heavy atom. The lowest BCUT2D eigenvalue weighted by Gasteiger charge is -2.27. The quantitative estimate of drug-likeness (QED) is 0.0357. The Morgan fingerprint density at radius 1 is 0.329 bits per heavy atom. The second-order valence-corrected chi connectivity index (χ2v) is 34.5. The van der Waals surface area contributed by atoms with Crippen LogP contribution in [0, 0.1) is 13.8 Å². The van der Waals surface area contributed by atoms with Crippen molar-refractivity contribution in [2.45, 2.75) is 91.3 Å². The molecule has 0 amide bonds. The van der Waals surface area contributed by atoms with Crippen molar-refractivity contribution >= 4 is 206 Å². The zero-order chi connectivity index (χ0) is 94.6. The van der Waals surface area contributed by atoms with Crippen molar-refractivity contribution in [3.63, 3.8) is 0 Å². The number of pyridine rings is 11. The number of H-pyrrole nitrogens is 7. The van der Waals surface area contributed by atoms with Crippen LogP contribution in [0.25, 0.3) is 120 Å². The molecule has 7 aromatic carbocycles. The molecule has 17 aromatic heterocycles. The molecule has 0 radical (unpaired) electrons. The molecule has 16 N–H and O–H groups in total. The molecule has 0 bridgehead atoms. The first-order valence-electron chi connectivity index (χ1n) is 46.3. The van der Waals surface area contributed by atoms with E-state index in [1.807, 2.05) is 184 Å². The van der Waals surface area contributed by atoms with Gasteiger partial charge in [0.05, 0.1) is 27.6 Å². The van der Waals surface area contributed by atoms with Crippen molar-refractivity contribution in [1.29, 1.82) is 0 Å². The van der Waals surface area contributed by atoms with Crippen LogP contribution in [0.1, 0.15) is 74.0 Å². The van der Waals surface area contributed by atoms with Gasteiger partial charge in [0.1, 0.15) is 45.0 Å². The van der Waals surface area contributed by atoms with Gasteiger partial charge in [-0.25, -0.2) is 15.0 Å². The monoisotopic (exact) mass is 1840 g/mol. The fraction of sp³-hybridized carbons (Fsp3) is 0.131. The largest absolute Gasteiger partial charge is 0.367 e. The van der Waals surface area contributed by atoms with E-state index in [-0.39, 0.29) is 5.56 Å². The number of hydrogen-bond acceptors (Lipinski definition) is 26. The van der Waals surface area contributed by atoms with Gasteiger partial charge in [-0.1, -0.05) is 36.4 Å². The average molecular weight is 1850 g/mol. The number of aromatic amines is 7. The molecular weight excluding hydrogens is 1750 g/mol. The first kappa shape index (κ1) is 87.9. The minimum absolute atomic E-state index is 0.0755. The normalized spacial score (nSPS) is 12.2. The Hall–Kier alpha value is -18.7. The second-order valence-electron chi connectivity index (χ2n) is 34.5. The van der Waals surface area contributed by atoms with Crippen LogP contribution in [0.15, 0.2) is 310 Å². The van der Waals surface area contributed by atoms with Crippen LogP contribution < -0.4 is 53.4 Å². The Kier molecular flexibility index (Phi) is 25.3. The van der Waals surface area contributed by atoms with Crippen LogP contribution in [0.5, 0.6) is 0 Å². The van der Waals surface area contributed by atoms with Gasteiger partial charge in [0.2, 0.25) is 0 Å². The maximum atomic E-state index is 11.9. The van der Waals surface area contributed by atoms with E-state index in [2.05, 4.69) is 270 Å². The standard InChI is InChI=1S/C22H18N6.C19H18N6.C18H18N6.C16H13N5O.C16H13N5.C16H16N4/c1-2-5-15(6-3-1)14-25-21-18-9-8-17(13-16(18)10-12-24-21)26-22-20-19(27-28-22)7-4-11-23-20;1-3-13(4-1)22-18-15-7-6-14(11-12(15)8-10-21-18)23-19-17-16(24-25-19)5-2-9-20-17;1-11(2)21-17-14-6-5-13(10-12(14)7-9-20-17)22-18-16-15(23-24-18)4-3-8-19-16;1-9-7-10-8-11(4-5-12(10)16(22)18-9)19-15-14-13(20-21-15)3-2-6-17-14;1-10-7-12(8-11-4-6-17-9-13(10)11)19-16-15-14(20-21-16)3-2-5-18-15;1-2-4-15-14(3-1)16(20-19-15)18-13-6-5-12-10-17-8-7-11(12)9-13/h1-13H,14H2,(H,24,25)(H2,26,27,28);2,5-11,13H,1,3-4H2,(H,21,22)(H2,23,24,25);3-11H,1-2H3,(H,20,21)(H2,22,23,24);2-8H,1H3,(H,18,22)(H2,19,20,21);2-9H,1H3,(H2,19,20,21);5-10H,1-4H2,(H2,18,19,20). The van der Waals surface area contributed by atoms with Crippen LogP contribution in [0.3, 0.4) is 0 Å². The molecule has 24 aromatic rings. The zero-order valence-electron chi connectivity index (χ0n) is 76.7. The number of fused-ring (bicyclic) bond motifs is 12. The topological polar surface area (TPSA) is 442 Å². The van der Waals surface area contributed by atoms with Crippen LogP contribution in [0.2, 0.25) is 0 Å². The molecule has 1 fully saturated rings. The second kappa shape index (κ2) is 40.2. The van der Waals surface area contributed by atoms with Crippen LogP contribution in [-0.2, 0) is 19.4 Å². The van der Waals surface area contributed by atoms with Crippen molar-refractivity contribution in [2.24, 2.45) is 0 Å². The average Bonchev–Trinajstić information content (AvgIpc) is 1.74. The highest BCUT2D eigenvalue weighted by atomic mass is 16.1. The summed E-state index contributed by atoms with van der Waals surface area (Å²) in [6.07, 6.45) is 30.2. The summed E-state index contributed by atoms with van der Waals surface area (Å²) in [5.41, 5.74) is 20.2. The maximum Gasteiger partial charge on any atom is 0.256 e. The van der Waals surface area contributed by atoms with Gasteiger partial charge in [-0.3, -0.25) is 70.3 Å². The molecule has 17 heterocycles. The number of anilines is 15. The Morgan fingerprint density at radius 3 is 1.26 bits per heavy atom. The molecule has 2 aliphatic rings. The summed E-state index contributed by atoms with van der Waals surface area (Å²) in [7, 11) is 0. The SMILES string of the molecule is CC(C)Nc1nccc2cc(Nc3n[nH]c4cccnc34)ccc12.Cc1cc(Nc2n[nH]c3cccnc23)cc2ccncc12.Cc1cc2cc(Nc3n[nH]c4cccnc34)ccc2c(=O)[nH]1.c1cc2cc(Nc3n[nH]c4c3CCCC4)ccc2cn1.c1ccc(CNc2nccc3cc(Nc4n[nH]c5cccnc45)ccc23)cc1.c1cnc2c(Nc3ccc4c(NC5CCC5)nccc4c3)n[nH]c2c1. The number of hydrogen-bond donors (Lipinski definition) is 16. The highest BCUT2D eigenvalue weighted by Crippen LogP contribution is 2.37. The fourth-order valence-electron chi connectivity index (χ4n) is 17.1. The van der Waals surface area contributed by atoms with Crippen molar-refractivity contribution in [2.75, 3.05) is 47.9 Å². The summed E-state index contributed by atoms with van der Waals surface area (Å²) in [5.74, 6) is 7.30. The summed E-state index contributed by atoms with van der Waals surface area (Å²) in [6.45, 7) is 8.89. The van der Waals surface area contributed by atoms with Gasteiger partial charge in [0.15, 0.2) is 34.9 Å². The van der Waals surface area contributed by atoms with Crippen LogP contribution >= 0.6 is 0 Å². The number of benzene rings is 7. The Bertz CT molecular complexity index is 8610. The molecule has 33 heteroatoms. The molecule has 33 nitrogen and oxygen atoms in total. The number of nitrogens with zero attached hydrogens (tertiary/aromatic N) is 16. The Labute approximate surface area is 800 Å². The van der Waals surface area contributed by atoms with Crippen molar-refractivity contribution in [1.82, 2.24) is 116 Å². The molecule has 0 unspecified atom stereocenters. The molecule has 690 valence electrons.